The number of nitrogens with zero attached hydrogens (tertiary/aromatic N) is 1. The number of ether oxygens (including phenoxy) is 1. The van der Waals surface area contributed by atoms with Gasteiger partial charge in [-0.1, -0.05) is 25.5 Å². The minimum absolute atomic E-state index is 0.134. The molecule has 98 valence electrons. The van der Waals surface area contributed by atoms with Crippen LogP contribution in [0.4, 0.5) is 4.79 Å². The predicted molar refractivity (Wildman–Crippen MR) is 70.0 cm³/mol. The van der Waals surface area contributed by atoms with Gasteiger partial charge in [0.25, 0.3) is 0 Å². The van der Waals surface area contributed by atoms with Gasteiger partial charge in [-0.05, 0) is 40.5 Å². The third-order valence-corrected chi connectivity index (χ3v) is 2.88. The number of carbonyl (C=O) groups excluding carboxylic acids is 1. The maximum Gasteiger partial charge on any atom is 0.411 e. The van der Waals surface area contributed by atoms with Crippen LogP contribution >= 0.6 is 0 Å². The van der Waals surface area contributed by atoms with Crippen LogP contribution in [0.1, 0.15) is 53.9 Å². The van der Waals surface area contributed by atoms with Crippen molar-refractivity contribution >= 4 is 6.09 Å². The summed E-state index contributed by atoms with van der Waals surface area (Å²) < 4.78 is 5.48. The Kier molecular flexibility index (Phi) is 4.61. The topological polar surface area (TPSA) is 29.5 Å². The van der Waals surface area contributed by atoms with Gasteiger partial charge in [0.15, 0.2) is 0 Å². The van der Waals surface area contributed by atoms with Crippen LogP contribution in [0.15, 0.2) is 12.2 Å². The van der Waals surface area contributed by atoms with E-state index in [1.807, 2.05) is 32.6 Å². The second-order valence-electron chi connectivity index (χ2n) is 5.73. The first-order valence-electron chi connectivity index (χ1n) is 6.53. The molecule has 0 radical (unpaired) electrons. The largest absolute Gasteiger partial charge is 0.444 e. The molecule has 0 fully saturated rings. The summed E-state index contributed by atoms with van der Waals surface area (Å²) in [5, 5.41) is 0. The van der Waals surface area contributed by atoms with E-state index in [9.17, 15) is 4.79 Å². The van der Waals surface area contributed by atoms with Crippen LogP contribution in [0.5, 0.6) is 0 Å². The van der Waals surface area contributed by atoms with E-state index in [2.05, 4.69) is 19.1 Å². The van der Waals surface area contributed by atoms with Gasteiger partial charge in [-0.3, -0.25) is 4.90 Å². The Morgan fingerprint density at radius 2 is 2.12 bits per heavy atom. The van der Waals surface area contributed by atoms with Crippen molar-refractivity contribution in [1.29, 1.82) is 0 Å². The monoisotopic (exact) mass is 239 g/mol. The van der Waals surface area contributed by atoms with E-state index < -0.39 is 5.60 Å². The van der Waals surface area contributed by atoms with E-state index >= 15 is 0 Å². The number of rotatable bonds is 2. The van der Waals surface area contributed by atoms with Crippen molar-refractivity contribution in [3.8, 4) is 0 Å². The molecule has 3 heteroatoms. The normalized spacial score (nSPS) is 24.9. The average molecular weight is 239 g/mol. The van der Waals surface area contributed by atoms with E-state index in [0.29, 0.717) is 0 Å². The van der Waals surface area contributed by atoms with E-state index in [0.717, 1.165) is 19.3 Å². The van der Waals surface area contributed by atoms with Crippen molar-refractivity contribution in [1.82, 2.24) is 4.90 Å². The molecule has 0 aromatic carbocycles. The van der Waals surface area contributed by atoms with Crippen molar-refractivity contribution in [3.63, 3.8) is 0 Å². The summed E-state index contributed by atoms with van der Waals surface area (Å²) in [6, 6.07) is 0.421. The van der Waals surface area contributed by atoms with Gasteiger partial charge in [-0.2, -0.15) is 0 Å². The lowest BCUT2D eigenvalue weighted by atomic mass is 10.00. The van der Waals surface area contributed by atoms with Crippen molar-refractivity contribution < 1.29 is 9.53 Å². The quantitative estimate of drug-likeness (QED) is 0.687. The third kappa shape index (κ3) is 4.06. The molecule has 3 nitrogen and oxygen atoms in total. The summed E-state index contributed by atoms with van der Waals surface area (Å²) in [5.41, 5.74) is -0.422. The van der Waals surface area contributed by atoms with Crippen LogP contribution < -0.4 is 0 Å². The second-order valence-corrected chi connectivity index (χ2v) is 5.73. The van der Waals surface area contributed by atoms with Gasteiger partial charge in [0.2, 0.25) is 0 Å². The Morgan fingerprint density at radius 1 is 1.47 bits per heavy atom. The fraction of sp³-hybridized carbons (Fsp3) is 0.786. The van der Waals surface area contributed by atoms with Crippen molar-refractivity contribution in [2.75, 3.05) is 0 Å². The van der Waals surface area contributed by atoms with Gasteiger partial charge in [-0.25, -0.2) is 4.79 Å². The summed E-state index contributed by atoms with van der Waals surface area (Å²) >= 11 is 0. The molecule has 0 aromatic rings. The fourth-order valence-corrected chi connectivity index (χ4v) is 2.19. The molecule has 1 heterocycles. The average Bonchev–Trinajstić information content (AvgIpc) is 2.15. The first kappa shape index (κ1) is 14.1. The molecule has 0 aliphatic carbocycles. The van der Waals surface area contributed by atoms with E-state index in [1.54, 1.807) is 0 Å². The van der Waals surface area contributed by atoms with Crippen LogP contribution in [0.2, 0.25) is 0 Å². The third-order valence-electron chi connectivity index (χ3n) is 2.88. The summed E-state index contributed by atoms with van der Waals surface area (Å²) in [6.07, 6.45) is 7.13. The smallest absolute Gasteiger partial charge is 0.411 e. The maximum atomic E-state index is 12.2. The highest BCUT2D eigenvalue weighted by Crippen LogP contribution is 2.23. The highest BCUT2D eigenvalue weighted by molar-refractivity contribution is 5.69. The highest BCUT2D eigenvalue weighted by atomic mass is 16.6. The summed E-state index contributed by atoms with van der Waals surface area (Å²) in [6.45, 7) is 9.91. The Labute approximate surface area is 105 Å². The lowest BCUT2D eigenvalue weighted by Gasteiger charge is -2.38. The number of amides is 1. The Balaban J connectivity index is 2.76. The van der Waals surface area contributed by atoms with Crippen LogP contribution in [0.25, 0.3) is 0 Å². The number of hydrogen-bond donors (Lipinski definition) is 0. The molecule has 1 aliphatic rings. The molecule has 0 aromatic heterocycles. The molecule has 0 saturated heterocycles. The highest BCUT2D eigenvalue weighted by Gasteiger charge is 2.31. The lowest BCUT2D eigenvalue weighted by molar-refractivity contribution is 0.00882. The molecule has 0 N–H and O–H groups in total. The fourth-order valence-electron chi connectivity index (χ4n) is 2.19. The van der Waals surface area contributed by atoms with E-state index in [4.69, 9.17) is 4.74 Å². The molecule has 0 bridgehead atoms. The van der Waals surface area contributed by atoms with E-state index in [-0.39, 0.29) is 18.2 Å². The van der Waals surface area contributed by atoms with Gasteiger partial charge >= 0.3 is 6.09 Å². The Hall–Kier alpha value is -0.990. The zero-order valence-electron chi connectivity index (χ0n) is 11.7. The molecular weight excluding hydrogens is 214 g/mol. The first-order chi connectivity index (χ1) is 7.85. The van der Waals surface area contributed by atoms with Gasteiger partial charge < -0.3 is 4.74 Å². The number of carbonyl (C=O) groups is 1. The van der Waals surface area contributed by atoms with Crippen LogP contribution in [-0.2, 0) is 4.74 Å². The molecular formula is C14H25NO2. The lowest BCUT2D eigenvalue weighted by Crippen LogP contribution is -2.49. The molecule has 0 spiro atoms. The van der Waals surface area contributed by atoms with Gasteiger partial charge in [0.05, 0.1) is 6.04 Å². The van der Waals surface area contributed by atoms with Gasteiger partial charge in [-0.15, -0.1) is 0 Å². The maximum absolute atomic E-state index is 12.2. The molecule has 2 atom stereocenters. The predicted octanol–water partition coefficient (Wildman–Crippen LogP) is 3.74. The standard InChI is InChI=1S/C14H25NO2/c1-6-8-12-10-7-9-11(2)15(12)13(16)17-14(3,4)5/h7,9,11-12H,6,8,10H2,1-5H3/t11-,12+/m0/s1. The van der Waals surface area contributed by atoms with Gasteiger partial charge in [0.1, 0.15) is 5.60 Å². The molecule has 1 rings (SSSR count). The summed E-state index contributed by atoms with van der Waals surface area (Å²) in [4.78, 5) is 14.1. The van der Waals surface area contributed by atoms with Crippen LogP contribution in [0.3, 0.4) is 0 Å². The van der Waals surface area contributed by atoms with Crippen LogP contribution in [0, 0.1) is 0 Å². The molecule has 17 heavy (non-hydrogen) atoms. The van der Waals surface area contributed by atoms with Gasteiger partial charge in [0, 0.05) is 6.04 Å². The van der Waals surface area contributed by atoms with Crippen molar-refractivity contribution in [2.24, 2.45) is 0 Å². The first-order valence-corrected chi connectivity index (χ1v) is 6.53. The minimum Gasteiger partial charge on any atom is -0.444 e. The molecule has 0 saturated carbocycles. The summed E-state index contributed by atoms with van der Waals surface area (Å²) in [5.74, 6) is 0. The zero-order chi connectivity index (χ0) is 13.1. The molecule has 1 amide bonds. The molecule has 0 unspecified atom stereocenters. The second kappa shape index (κ2) is 5.56. The summed E-state index contributed by atoms with van der Waals surface area (Å²) in [7, 11) is 0. The molecule has 1 aliphatic heterocycles. The van der Waals surface area contributed by atoms with E-state index in [1.165, 1.54) is 0 Å². The van der Waals surface area contributed by atoms with Crippen molar-refractivity contribution in [3.05, 3.63) is 12.2 Å². The van der Waals surface area contributed by atoms with Crippen LogP contribution in [-0.4, -0.2) is 28.7 Å². The van der Waals surface area contributed by atoms with Crippen molar-refractivity contribution in [2.45, 2.75) is 71.6 Å². The Morgan fingerprint density at radius 3 is 2.65 bits per heavy atom. The Bertz CT molecular complexity index is 291. The SMILES string of the molecule is CCC[C@@H]1CC=C[C@H](C)N1C(=O)OC(C)(C)C. The number of hydrogen-bond acceptors (Lipinski definition) is 2. The zero-order valence-corrected chi connectivity index (χ0v) is 11.7. The minimum atomic E-state index is -0.422.